The van der Waals surface area contributed by atoms with Crippen LogP contribution in [0.4, 0.5) is 5.69 Å². The smallest absolute Gasteiger partial charge is 0.253 e. The molecule has 0 unspecified atom stereocenters. The van der Waals surface area contributed by atoms with Gasteiger partial charge in [-0.2, -0.15) is 0 Å². The van der Waals surface area contributed by atoms with Crippen molar-refractivity contribution in [1.29, 1.82) is 0 Å². The van der Waals surface area contributed by atoms with E-state index >= 15 is 0 Å². The number of aryl methyl sites for hydroxylation is 1. The summed E-state index contributed by atoms with van der Waals surface area (Å²) in [5, 5.41) is 16.8. The van der Waals surface area contributed by atoms with Gasteiger partial charge >= 0.3 is 0 Å². The summed E-state index contributed by atoms with van der Waals surface area (Å²) in [7, 11) is 0. The number of fused-ring (bicyclic) bond motifs is 1. The number of hydrogen-bond acceptors (Lipinski definition) is 8. The second kappa shape index (κ2) is 11.1. The van der Waals surface area contributed by atoms with Crippen molar-refractivity contribution in [3.63, 3.8) is 0 Å². The van der Waals surface area contributed by atoms with E-state index in [1.807, 2.05) is 19.1 Å². The first-order chi connectivity index (χ1) is 17.5. The van der Waals surface area contributed by atoms with E-state index in [1.165, 1.54) is 23.9 Å². The minimum atomic E-state index is -0.660. The molecule has 3 heterocycles. The summed E-state index contributed by atoms with van der Waals surface area (Å²) < 4.78 is 11.2. The molecule has 2 aliphatic rings. The summed E-state index contributed by atoms with van der Waals surface area (Å²) in [4.78, 5) is 23.1. The van der Waals surface area contributed by atoms with Crippen LogP contribution in [0.1, 0.15) is 52.2 Å². The fourth-order valence-corrected chi connectivity index (χ4v) is 4.55. The Kier molecular flexibility index (Phi) is 7.48. The predicted octanol–water partition coefficient (Wildman–Crippen LogP) is 3.07. The molecule has 2 aromatic heterocycles. The topological polar surface area (TPSA) is 113 Å². The maximum Gasteiger partial charge on any atom is 0.253 e. The van der Waals surface area contributed by atoms with Gasteiger partial charge in [0, 0.05) is 44.6 Å². The van der Waals surface area contributed by atoms with Crippen LogP contribution in [0, 0.1) is 6.92 Å². The van der Waals surface area contributed by atoms with Gasteiger partial charge in [-0.05, 0) is 61.9 Å². The standard InChI is InChI=1S/C27H33N5O4/c1-18-26(36-17-30-18)16-35-25-6-5-20-14-32(8-7-19(20)10-25)15-24(33)13-29-27(34)21-9-23(12-28-11-21)31-22-3-2-4-22/h5-6,9-12,17,22,24,31,33H,2-4,7-8,13-16H2,1H3,(H,29,34)/t24-/m0/s1. The molecule has 190 valence electrons. The SMILES string of the molecule is Cc1ncoc1COc1ccc2c(c1)CCN(C[C@@H](O)CNC(=O)c1cncc(NC3CCC3)c1)C2. The molecule has 1 aliphatic heterocycles. The molecule has 3 aromatic rings. The van der Waals surface area contributed by atoms with E-state index < -0.39 is 6.10 Å². The molecule has 9 nitrogen and oxygen atoms in total. The van der Waals surface area contributed by atoms with Gasteiger partial charge < -0.3 is 24.9 Å². The summed E-state index contributed by atoms with van der Waals surface area (Å²) in [5.74, 6) is 1.31. The van der Waals surface area contributed by atoms with Gasteiger partial charge in [0.25, 0.3) is 5.91 Å². The molecule has 5 rings (SSSR count). The number of anilines is 1. The van der Waals surface area contributed by atoms with Gasteiger partial charge in [-0.3, -0.25) is 14.7 Å². The monoisotopic (exact) mass is 491 g/mol. The summed E-state index contributed by atoms with van der Waals surface area (Å²) in [6.45, 7) is 4.52. The number of oxazole rings is 1. The fourth-order valence-electron chi connectivity index (χ4n) is 4.55. The Morgan fingerprint density at radius 1 is 1.28 bits per heavy atom. The van der Waals surface area contributed by atoms with Crippen LogP contribution in [0.2, 0.25) is 0 Å². The fraction of sp³-hybridized carbons (Fsp3) is 0.444. The number of rotatable bonds is 10. The minimum Gasteiger partial charge on any atom is -0.486 e. The number of aromatic nitrogens is 2. The Morgan fingerprint density at radius 2 is 2.17 bits per heavy atom. The van der Waals surface area contributed by atoms with Crippen LogP contribution < -0.4 is 15.4 Å². The van der Waals surface area contributed by atoms with Gasteiger partial charge in [-0.1, -0.05) is 6.07 Å². The number of benzene rings is 1. The number of aliphatic hydroxyl groups is 1. The first-order valence-corrected chi connectivity index (χ1v) is 12.6. The molecule has 1 aliphatic carbocycles. The number of amides is 1. The Balaban J connectivity index is 1.07. The lowest BCUT2D eigenvalue weighted by Gasteiger charge is -2.30. The quantitative estimate of drug-likeness (QED) is 0.397. The highest BCUT2D eigenvalue weighted by Gasteiger charge is 2.21. The lowest BCUT2D eigenvalue weighted by atomic mass is 9.93. The van der Waals surface area contributed by atoms with Crippen molar-refractivity contribution in [2.45, 2.75) is 57.9 Å². The van der Waals surface area contributed by atoms with Crippen molar-refractivity contribution in [3.8, 4) is 5.75 Å². The van der Waals surface area contributed by atoms with Crippen molar-refractivity contribution < 1.29 is 19.1 Å². The van der Waals surface area contributed by atoms with Gasteiger partial charge in [0.2, 0.25) is 0 Å². The number of hydrogen-bond donors (Lipinski definition) is 3. The highest BCUT2D eigenvalue weighted by atomic mass is 16.5. The number of β-amino-alcohol motifs (C(OH)–C–C–N with tert-alkyl or cyclic N) is 1. The lowest BCUT2D eigenvalue weighted by molar-refractivity contribution is 0.0841. The number of ether oxygens (including phenoxy) is 1. The number of nitrogens with zero attached hydrogens (tertiary/aromatic N) is 3. The zero-order valence-corrected chi connectivity index (χ0v) is 20.6. The van der Waals surface area contributed by atoms with E-state index in [4.69, 9.17) is 9.15 Å². The third-order valence-corrected chi connectivity index (χ3v) is 6.93. The zero-order chi connectivity index (χ0) is 24.9. The first kappa shape index (κ1) is 24.3. The summed E-state index contributed by atoms with van der Waals surface area (Å²) in [6, 6.07) is 8.42. The van der Waals surface area contributed by atoms with Crippen molar-refractivity contribution in [2.24, 2.45) is 0 Å². The number of aliphatic hydroxyl groups excluding tert-OH is 1. The normalized spacial score (nSPS) is 16.6. The molecule has 0 bridgehead atoms. The van der Waals surface area contributed by atoms with Gasteiger partial charge in [0.1, 0.15) is 12.4 Å². The second-order valence-electron chi connectivity index (χ2n) is 9.66. The van der Waals surface area contributed by atoms with Crippen LogP contribution in [-0.2, 0) is 19.6 Å². The van der Waals surface area contributed by atoms with E-state index in [9.17, 15) is 9.90 Å². The minimum absolute atomic E-state index is 0.191. The van der Waals surface area contributed by atoms with E-state index in [2.05, 4.69) is 37.6 Å². The molecule has 1 saturated carbocycles. The average molecular weight is 492 g/mol. The van der Waals surface area contributed by atoms with Crippen molar-refractivity contribution in [3.05, 3.63) is 71.2 Å². The largest absolute Gasteiger partial charge is 0.486 e. The molecule has 0 radical (unpaired) electrons. The van der Waals surface area contributed by atoms with Crippen LogP contribution in [0.15, 0.2) is 47.5 Å². The van der Waals surface area contributed by atoms with Crippen LogP contribution in [-0.4, -0.2) is 57.7 Å². The summed E-state index contributed by atoms with van der Waals surface area (Å²) >= 11 is 0. The number of nitrogens with one attached hydrogen (secondary N) is 2. The van der Waals surface area contributed by atoms with E-state index in [-0.39, 0.29) is 12.5 Å². The van der Waals surface area contributed by atoms with E-state index in [1.54, 1.807) is 12.4 Å². The number of carbonyl (C=O) groups excluding carboxylic acids is 1. The number of carbonyl (C=O) groups is 1. The highest BCUT2D eigenvalue weighted by molar-refractivity contribution is 5.94. The predicted molar refractivity (Wildman–Crippen MR) is 135 cm³/mol. The van der Waals surface area contributed by atoms with Crippen molar-refractivity contribution in [2.75, 3.05) is 25.0 Å². The molecule has 3 N–H and O–H groups in total. The lowest BCUT2D eigenvalue weighted by Crippen LogP contribution is -2.42. The Labute approximate surface area is 210 Å². The average Bonchev–Trinajstić information content (AvgIpc) is 3.28. The van der Waals surface area contributed by atoms with Gasteiger partial charge in [-0.25, -0.2) is 4.98 Å². The Bertz CT molecular complexity index is 1190. The molecule has 0 saturated heterocycles. The summed E-state index contributed by atoms with van der Waals surface area (Å²) in [5.41, 5.74) is 4.67. The molecule has 0 spiro atoms. The molecule has 9 heteroatoms. The zero-order valence-electron chi connectivity index (χ0n) is 20.6. The van der Waals surface area contributed by atoms with Crippen LogP contribution in [0.5, 0.6) is 5.75 Å². The molecule has 1 aromatic carbocycles. The molecular weight excluding hydrogens is 458 g/mol. The third-order valence-electron chi connectivity index (χ3n) is 6.93. The first-order valence-electron chi connectivity index (χ1n) is 12.6. The van der Waals surface area contributed by atoms with Crippen LogP contribution >= 0.6 is 0 Å². The van der Waals surface area contributed by atoms with Crippen molar-refractivity contribution >= 4 is 11.6 Å². The Morgan fingerprint density at radius 3 is 2.94 bits per heavy atom. The summed E-state index contributed by atoms with van der Waals surface area (Å²) in [6.07, 6.45) is 8.49. The molecular formula is C27H33N5O4. The third kappa shape index (κ3) is 6.03. The van der Waals surface area contributed by atoms with Gasteiger partial charge in [-0.15, -0.1) is 0 Å². The maximum atomic E-state index is 12.6. The molecule has 36 heavy (non-hydrogen) atoms. The number of pyridine rings is 1. The van der Waals surface area contributed by atoms with Crippen molar-refractivity contribution in [1.82, 2.24) is 20.2 Å². The van der Waals surface area contributed by atoms with E-state index in [0.29, 0.717) is 24.8 Å². The van der Waals surface area contributed by atoms with Crippen LogP contribution in [0.25, 0.3) is 0 Å². The second-order valence-corrected chi connectivity index (χ2v) is 9.66. The molecule has 1 amide bonds. The van der Waals surface area contributed by atoms with E-state index in [0.717, 1.165) is 55.2 Å². The Hall–Kier alpha value is -3.43. The highest BCUT2D eigenvalue weighted by Crippen LogP contribution is 2.25. The van der Waals surface area contributed by atoms with Crippen LogP contribution in [0.3, 0.4) is 0 Å². The maximum absolute atomic E-state index is 12.6. The van der Waals surface area contributed by atoms with Gasteiger partial charge in [0.05, 0.1) is 23.0 Å². The molecule has 1 atom stereocenters. The van der Waals surface area contributed by atoms with Gasteiger partial charge in [0.15, 0.2) is 12.2 Å². The molecule has 1 fully saturated rings.